The van der Waals surface area contributed by atoms with E-state index < -0.39 is 5.97 Å². The number of ether oxygens (including phenoxy) is 2. The van der Waals surface area contributed by atoms with Crippen LogP contribution >= 0.6 is 0 Å². The summed E-state index contributed by atoms with van der Waals surface area (Å²) in [4.78, 5) is 23.8. The van der Waals surface area contributed by atoms with E-state index >= 15 is 0 Å². The highest BCUT2D eigenvalue weighted by Gasteiger charge is 2.40. The molecule has 0 spiro atoms. The molecule has 2 aromatic rings. The van der Waals surface area contributed by atoms with Crippen LogP contribution in [0.1, 0.15) is 23.7 Å². The monoisotopic (exact) mass is 296 g/mol. The van der Waals surface area contributed by atoms with Gasteiger partial charge >= 0.3 is 11.9 Å². The molecule has 1 aliphatic carbocycles. The van der Waals surface area contributed by atoms with E-state index in [0.717, 1.165) is 6.42 Å². The first-order chi connectivity index (χ1) is 10.6. The molecular weight excluding hydrogens is 280 g/mol. The fourth-order valence-electron chi connectivity index (χ4n) is 2.18. The Labute approximate surface area is 128 Å². The highest BCUT2D eigenvalue weighted by Crippen LogP contribution is 2.39. The summed E-state index contributed by atoms with van der Waals surface area (Å²) in [6, 6.07) is 15.3. The van der Waals surface area contributed by atoms with Crippen molar-refractivity contribution in [2.45, 2.75) is 13.3 Å². The normalized spacial score (nSPS) is 19.3. The van der Waals surface area contributed by atoms with E-state index in [1.165, 1.54) is 0 Å². The first-order valence-corrected chi connectivity index (χ1v) is 7.22. The lowest BCUT2D eigenvalue weighted by Gasteiger charge is -2.07. The van der Waals surface area contributed by atoms with Gasteiger partial charge in [-0.3, -0.25) is 4.79 Å². The predicted molar refractivity (Wildman–Crippen MR) is 80.7 cm³/mol. The highest BCUT2D eigenvalue weighted by molar-refractivity contribution is 5.91. The summed E-state index contributed by atoms with van der Waals surface area (Å²) >= 11 is 0. The molecule has 0 aromatic heterocycles. The minimum atomic E-state index is -0.445. The minimum absolute atomic E-state index is 0.00414. The van der Waals surface area contributed by atoms with E-state index in [2.05, 4.69) is 0 Å². The van der Waals surface area contributed by atoms with E-state index in [1.54, 1.807) is 48.5 Å². The van der Waals surface area contributed by atoms with Crippen LogP contribution in [0.15, 0.2) is 54.6 Å². The van der Waals surface area contributed by atoms with Gasteiger partial charge in [0.1, 0.15) is 11.5 Å². The molecule has 2 aromatic carbocycles. The molecule has 0 radical (unpaired) electrons. The van der Waals surface area contributed by atoms with E-state index in [9.17, 15) is 9.59 Å². The SMILES string of the molecule is C[C@H]1C[C@H]1C(=O)Oc1cccc(OC(=O)c2ccccc2)c1. The summed E-state index contributed by atoms with van der Waals surface area (Å²) in [7, 11) is 0. The summed E-state index contributed by atoms with van der Waals surface area (Å²) in [6.45, 7) is 2.02. The summed E-state index contributed by atoms with van der Waals surface area (Å²) in [6.07, 6.45) is 0.877. The van der Waals surface area contributed by atoms with Crippen LogP contribution in [-0.2, 0) is 4.79 Å². The van der Waals surface area contributed by atoms with Gasteiger partial charge in [-0.25, -0.2) is 4.79 Å². The Hall–Kier alpha value is -2.62. The maximum absolute atomic E-state index is 12.0. The molecule has 0 N–H and O–H groups in total. The Morgan fingerprint density at radius 3 is 2.23 bits per heavy atom. The second kappa shape index (κ2) is 6.02. The Morgan fingerprint density at radius 2 is 1.59 bits per heavy atom. The van der Waals surface area contributed by atoms with Crippen LogP contribution in [0.2, 0.25) is 0 Å². The lowest BCUT2D eigenvalue weighted by Crippen LogP contribution is -2.11. The van der Waals surface area contributed by atoms with Gasteiger partial charge in [0.05, 0.1) is 11.5 Å². The van der Waals surface area contributed by atoms with Crippen LogP contribution in [-0.4, -0.2) is 11.9 Å². The van der Waals surface area contributed by atoms with Crippen LogP contribution in [0.5, 0.6) is 11.5 Å². The van der Waals surface area contributed by atoms with Crippen LogP contribution in [0, 0.1) is 11.8 Å². The van der Waals surface area contributed by atoms with Crippen LogP contribution in [0.25, 0.3) is 0 Å². The van der Waals surface area contributed by atoms with Gasteiger partial charge in [-0.15, -0.1) is 0 Å². The fourth-order valence-corrected chi connectivity index (χ4v) is 2.18. The Kier molecular flexibility index (Phi) is 3.92. The third kappa shape index (κ3) is 3.34. The lowest BCUT2D eigenvalue weighted by molar-refractivity contribution is -0.136. The number of carbonyl (C=O) groups is 2. The number of hydrogen-bond acceptors (Lipinski definition) is 4. The average Bonchev–Trinajstić information content (AvgIpc) is 3.25. The molecule has 0 amide bonds. The van der Waals surface area contributed by atoms with Crippen molar-refractivity contribution >= 4 is 11.9 Å². The first kappa shape index (κ1) is 14.3. The van der Waals surface area contributed by atoms with Gasteiger partial charge in [0.2, 0.25) is 0 Å². The van der Waals surface area contributed by atoms with Crippen LogP contribution in [0.4, 0.5) is 0 Å². The predicted octanol–water partition coefficient (Wildman–Crippen LogP) is 3.47. The molecule has 22 heavy (non-hydrogen) atoms. The second-order valence-electron chi connectivity index (χ2n) is 5.47. The van der Waals surface area contributed by atoms with Gasteiger partial charge in [-0.2, -0.15) is 0 Å². The van der Waals surface area contributed by atoms with Crippen molar-refractivity contribution in [3.63, 3.8) is 0 Å². The molecule has 0 heterocycles. The molecule has 0 aliphatic heterocycles. The zero-order valence-corrected chi connectivity index (χ0v) is 12.2. The first-order valence-electron chi connectivity index (χ1n) is 7.22. The van der Waals surface area contributed by atoms with Gasteiger partial charge in [0.25, 0.3) is 0 Å². The molecule has 0 unspecified atom stereocenters. The van der Waals surface area contributed by atoms with Crippen molar-refractivity contribution in [2.75, 3.05) is 0 Å². The smallest absolute Gasteiger partial charge is 0.343 e. The van der Waals surface area contributed by atoms with Crippen molar-refractivity contribution < 1.29 is 19.1 Å². The third-order valence-electron chi connectivity index (χ3n) is 3.66. The highest BCUT2D eigenvalue weighted by atomic mass is 16.5. The summed E-state index contributed by atoms with van der Waals surface area (Å²) in [5.41, 5.74) is 0.469. The van der Waals surface area contributed by atoms with E-state index in [0.29, 0.717) is 23.0 Å². The third-order valence-corrected chi connectivity index (χ3v) is 3.66. The number of benzene rings is 2. The Balaban J connectivity index is 1.66. The van der Waals surface area contributed by atoms with E-state index in [4.69, 9.17) is 9.47 Å². The number of rotatable bonds is 4. The second-order valence-corrected chi connectivity index (χ2v) is 5.47. The van der Waals surface area contributed by atoms with Crippen molar-refractivity contribution in [3.8, 4) is 11.5 Å². The molecule has 0 saturated heterocycles. The molecule has 4 heteroatoms. The molecule has 1 saturated carbocycles. The van der Waals surface area contributed by atoms with Crippen molar-refractivity contribution in [1.82, 2.24) is 0 Å². The van der Waals surface area contributed by atoms with Crippen molar-refractivity contribution in [3.05, 3.63) is 60.2 Å². The molecule has 1 fully saturated rings. The van der Waals surface area contributed by atoms with Gasteiger partial charge in [0, 0.05) is 6.07 Å². The molecule has 0 bridgehead atoms. The average molecular weight is 296 g/mol. The molecule has 112 valence electrons. The van der Waals surface area contributed by atoms with Crippen LogP contribution < -0.4 is 9.47 Å². The largest absolute Gasteiger partial charge is 0.426 e. The zero-order valence-electron chi connectivity index (χ0n) is 12.2. The summed E-state index contributed by atoms with van der Waals surface area (Å²) in [5.74, 6) is 0.464. The number of esters is 2. The van der Waals surface area contributed by atoms with Gasteiger partial charge in [0.15, 0.2) is 0 Å². The summed E-state index contributed by atoms with van der Waals surface area (Å²) in [5, 5.41) is 0. The molecule has 3 rings (SSSR count). The molecule has 2 atom stereocenters. The number of hydrogen-bond donors (Lipinski definition) is 0. The minimum Gasteiger partial charge on any atom is -0.426 e. The van der Waals surface area contributed by atoms with Gasteiger partial charge < -0.3 is 9.47 Å². The van der Waals surface area contributed by atoms with Gasteiger partial charge in [-0.1, -0.05) is 31.2 Å². The lowest BCUT2D eigenvalue weighted by atomic mass is 10.2. The van der Waals surface area contributed by atoms with E-state index in [1.807, 2.05) is 13.0 Å². The maximum atomic E-state index is 12.0. The number of carbonyl (C=O) groups excluding carboxylic acids is 2. The Bertz CT molecular complexity index is 693. The fraction of sp³-hybridized carbons (Fsp3) is 0.222. The molecule has 1 aliphatic rings. The summed E-state index contributed by atoms with van der Waals surface area (Å²) < 4.78 is 10.6. The molecular formula is C18H16O4. The maximum Gasteiger partial charge on any atom is 0.343 e. The van der Waals surface area contributed by atoms with Gasteiger partial charge in [-0.05, 0) is 36.6 Å². The quantitative estimate of drug-likeness (QED) is 0.640. The topological polar surface area (TPSA) is 52.6 Å². The van der Waals surface area contributed by atoms with Crippen molar-refractivity contribution in [1.29, 1.82) is 0 Å². The Morgan fingerprint density at radius 1 is 0.955 bits per heavy atom. The van der Waals surface area contributed by atoms with Crippen molar-refractivity contribution in [2.24, 2.45) is 11.8 Å². The van der Waals surface area contributed by atoms with Crippen LogP contribution in [0.3, 0.4) is 0 Å². The standard InChI is InChI=1S/C18H16O4/c1-12-10-16(12)18(20)22-15-9-5-8-14(11-15)21-17(19)13-6-3-2-4-7-13/h2-9,11-12,16H,10H2,1H3/t12-,16+/m0/s1. The van der Waals surface area contributed by atoms with E-state index in [-0.39, 0.29) is 11.9 Å². The molecule has 4 nitrogen and oxygen atoms in total. The zero-order chi connectivity index (χ0) is 15.5.